The number of nitrogens with zero attached hydrogens (tertiary/aromatic N) is 1. The molecule has 4 nitrogen and oxygen atoms in total. The summed E-state index contributed by atoms with van der Waals surface area (Å²) in [4.78, 5) is 5.84. The van der Waals surface area contributed by atoms with E-state index in [0.717, 1.165) is 34.7 Å². The second-order valence-corrected chi connectivity index (χ2v) is 8.26. The summed E-state index contributed by atoms with van der Waals surface area (Å²) >= 11 is 1.72. The molecule has 1 aliphatic heterocycles. The molecule has 1 saturated carbocycles. The van der Waals surface area contributed by atoms with Gasteiger partial charge in [-0.05, 0) is 32.3 Å². The maximum atomic E-state index is 11.1. The second kappa shape index (κ2) is 5.92. The highest BCUT2D eigenvalue weighted by Gasteiger charge is 2.46. The molecule has 4 rings (SSSR count). The van der Waals surface area contributed by atoms with E-state index >= 15 is 0 Å². The van der Waals surface area contributed by atoms with Crippen molar-refractivity contribution in [2.45, 2.75) is 50.9 Å². The predicted molar refractivity (Wildman–Crippen MR) is 94.0 cm³/mol. The maximum Gasteiger partial charge on any atom is 0.168 e. The number of benzene rings is 1. The summed E-state index contributed by atoms with van der Waals surface area (Å²) in [7, 11) is 0. The van der Waals surface area contributed by atoms with Crippen LogP contribution in [0.2, 0.25) is 0 Å². The Morgan fingerprint density at radius 3 is 2.17 bits per heavy atom. The standard InChI is InChI=1S/C19H23NO3S/c1-13-17(20-14(2)24-13)15-3-5-16(6-4-15)18(21)7-9-19(10-8-18)22-11-12-23-19/h3-6,21H,7-12H2,1-2H3. The third-order valence-electron chi connectivity index (χ3n) is 5.25. The van der Waals surface area contributed by atoms with Gasteiger partial charge in [0.05, 0.1) is 29.5 Å². The molecule has 1 aromatic heterocycles. The van der Waals surface area contributed by atoms with Crippen molar-refractivity contribution in [3.05, 3.63) is 39.7 Å². The predicted octanol–water partition coefficient (Wildman–Crippen LogP) is 3.93. The minimum atomic E-state index is -0.786. The van der Waals surface area contributed by atoms with Crippen LogP contribution in [0.3, 0.4) is 0 Å². The van der Waals surface area contributed by atoms with Gasteiger partial charge in [-0.2, -0.15) is 0 Å². The average molecular weight is 345 g/mol. The van der Waals surface area contributed by atoms with E-state index in [-0.39, 0.29) is 0 Å². The first kappa shape index (κ1) is 16.2. The van der Waals surface area contributed by atoms with Gasteiger partial charge in [-0.25, -0.2) is 4.98 Å². The zero-order chi connectivity index (χ0) is 16.8. The molecule has 1 spiro atoms. The van der Waals surface area contributed by atoms with Crippen molar-refractivity contribution in [2.24, 2.45) is 0 Å². The minimum Gasteiger partial charge on any atom is -0.385 e. The monoisotopic (exact) mass is 345 g/mol. The van der Waals surface area contributed by atoms with Crippen LogP contribution in [-0.2, 0) is 15.1 Å². The zero-order valence-corrected chi connectivity index (χ0v) is 15.0. The van der Waals surface area contributed by atoms with Gasteiger partial charge in [0.25, 0.3) is 0 Å². The lowest BCUT2D eigenvalue weighted by atomic mass is 9.77. The topological polar surface area (TPSA) is 51.6 Å². The van der Waals surface area contributed by atoms with Crippen molar-refractivity contribution in [1.82, 2.24) is 4.98 Å². The van der Waals surface area contributed by atoms with Crippen molar-refractivity contribution >= 4 is 11.3 Å². The van der Waals surface area contributed by atoms with Crippen molar-refractivity contribution in [1.29, 1.82) is 0 Å². The van der Waals surface area contributed by atoms with Crippen molar-refractivity contribution in [2.75, 3.05) is 13.2 Å². The smallest absolute Gasteiger partial charge is 0.168 e. The van der Waals surface area contributed by atoms with Crippen LogP contribution < -0.4 is 0 Å². The first-order valence-electron chi connectivity index (χ1n) is 8.55. The van der Waals surface area contributed by atoms with Crippen LogP contribution in [0.15, 0.2) is 24.3 Å². The van der Waals surface area contributed by atoms with E-state index in [2.05, 4.69) is 24.0 Å². The molecular weight excluding hydrogens is 322 g/mol. The Bertz CT molecular complexity index is 722. The van der Waals surface area contributed by atoms with Gasteiger partial charge >= 0.3 is 0 Å². The molecule has 24 heavy (non-hydrogen) atoms. The van der Waals surface area contributed by atoms with Crippen LogP contribution in [-0.4, -0.2) is 29.1 Å². The number of rotatable bonds is 2. The van der Waals surface area contributed by atoms with E-state index in [1.165, 1.54) is 4.88 Å². The van der Waals surface area contributed by atoms with Crippen molar-refractivity contribution < 1.29 is 14.6 Å². The number of hydrogen-bond donors (Lipinski definition) is 1. The molecule has 2 aromatic rings. The summed E-state index contributed by atoms with van der Waals surface area (Å²) in [5.41, 5.74) is 2.35. The zero-order valence-electron chi connectivity index (χ0n) is 14.2. The third kappa shape index (κ3) is 2.80. The van der Waals surface area contributed by atoms with Gasteiger partial charge in [0, 0.05) is 23.3 Å². The van der Waals surface area contributed by atoms with E-state index in [9.17, 15) is 5.11 Å². The van der Waals surface area contributed by atoms with Crippen molar-refractivity contribution in [3.8, 4) is 11.3 Å². The number of aryl methyl sites for hydroxylation is 2. The minimum absolute atomic E-state index is 0.443. The fourth-order valence-electron chi connectivity index (χ4n) is 3.85. The van der Waals surface area contributed by atoms with Gasteiger partial charge in [-0.1, -0.05) is 24.3 Å². The van der Waals surface area contributed by atoms with E-state index in [0.29, 0.717) is 26.1 Å². The number of aromatic nitrogens is 1. The van der Waals surface area contributed by atoms with Gasteiger partial charge in [-0.15, -0.1) is 11.3 Å². The van der Waals surface area contributed by atoms with Crippen LogP contribution >= 0.6 is 11.3 Å². The lowest BCUT2D eigenvalue weighted by Crippen LogP contribution is -2.42. The Kier molecular flexibility index (Phi) is 4.00. The fourth-order valence-corrected chi connectivity index (χ4v) is 4.69. The highest BCUT2D eigenvalue weighted by atomic mass is 32.1. The lowest BCUT2D eigenvalue weighted by molar-refractivity contribution is -0.204. The molecule has 1 saturated heterocycles. The van der Waals surface area contributed by atoms with Crippen LogP contribution in [0.5, 0.6) is 0 Å². The van der Waals surface area contributed by atoms with Crippen LogP contribution in [0.1, 0.15) is 41.1 Å². The van der Waals surface area contributed by atoms with Gasteiger partial charge in [0.15, 0.2) is 5.79 Å². The van der Waals surface area contributed by atoms with Crippen LogP contribution in [0, 0.1) is 13.8 Å². The molecule has 0 radical (unpaired) electrons. The molecule has 0 bridgehead atoms. The summed E-state index contributed by atoms with van der Waals surface area (Å²) < 4.78 is 11.5. The Morgan fingerprint density at radius 2 is 1.62 bits per heavy atom. The molecule has 128 valence electrons. The van der Waals surface area contributed by atoms with Crippen molar-refractivity contribution in [3.63, 3.8) is 0 Å². The van der Waals surface area contributed by atoms with Gasteiger partial charge in [0.1, 0.15) is 0 Å². The molecule has 0 atom stereocenters. The highest BCUT2D eigenvalue weighted by molar-refractivity contribution is 7.11. The molecule has 5 heteroatoms. The summed E-state index contributed by atoms with van der Waals surface area (Å²) in [5.74, 6) is -0.443. The Labute approximate surface area is 146 Å². The normalized spacial score (nSPS) is 22.1. The average Bonchev–Trinajstić information content (AvgIpc) is 3.18. The van der Waals surface area contributed by atoms with E-state index < -0.39 is 11.4 Å². The molecule has 1 aliphatic carbocycles. The van der Waals surface area contributed by atoms with E-state index in [1.54, 1.807) is 11.3 Å². The SMILES string of the molecule is Cc1nc(-c2ccc(C3(O)CCC4(CC3)OCCO4)cc2)c(C)s1. The largest absolute Gasteiger partial charge is 0.385 e. The summed E-state index contributed by atoms with van der Waals surface area (Å²) in [6, 6.07) is 8.22. The van der Waals surface area contributed by atoms with Gasteiger partial charge in [-0.3, -0.25) is 0 Å². The third-order valence-corrected chi connectivity index (χ3v) is 6.14. The second-order valence-electron chi connectivity index (χ2n) is 6.85. The number of ether oxygens (including phenoxy) is 2. The number of aliphatic hydroxyl groups is 1. The van der Waals surface area contributed by atoms with E-state index in [1.807, 2.05) is 19.1 Å². The van der Waals surface area contributed by atoms with E-state index in [4.69, 9.17) is 9.47 Å². The van der Waals surface area contributed by atoms with Gasteiger partial charge < -0.3 is 14.6 Å². The molecule has 2 aliphatic rings. The quantitative estimate of drug-likeness (QED) is 0.896. The highest BCUT2D eigenvalue weighted by Crippen LogP contribution is 2.45. The first-order chi connectivity index (χ1) is 11.5. The Balaban J connectivity index is 1.53. The Hall–Kier alpha value is -1.27. The first-order valence-corrected chi connectivity index (χ1v) is 9.37. The molecule has 0 unspecified atom stereocenters. The lowest BCUT2D eigenvalue weighted by Gasteiger charge is -2.40. The molecule has 1 N–H and O–H groups in total. The van der Waals surface area contributed by atoms with Crippen LogP contribution in [0.25, 0.3) is 11.3 Å². The molecular formula is C19H23NO3S. The Morgan fingerprint density at radius 1 is 1.00 bits per heavy atom. The summed E-state index contributed by atoms with van der Waals surface area (Å²) in [5, 5.41) is 12.2. The van der Waals surface area contributed by atoms with Gasteiger partial charge in [0.2, 0.25) is 0 Å². The molecule has 2 heterocycles. The van der Waals surface area contributed by atoms with Crippen LogP contribution in [0.4, 0.5) is 0 Å². The number of hydrogen-bond acceptors (Lipinski definition) is 5. The summed E-state index contributed by atoms with van der Waals surface area (Å²) in [6.07, 6.45) is 2.83. The summed E-state index contributed by atoms with van der Waals surface area (Å²) in [6.45, 7) is 5.46. The molecule has 0 amide bonds. The molecule has 1 aromatic carbocycles. The maximum absolute atomic E-state index is 11.1. The fraction of sp³-hybridized carbons (Fsp3) is 0.526. The molecule has 2 fully saturated rings. The number of thiazole rings is 1.